The van der Waals surface area contributed by atoms with Gasteiger partial charge in [0.15, 0.2) is 11.6 Å². The molecular weight excluding hydrogens is 464 g/mol. The average molecular weight is 497 g/mol. The summed E-state index contributed by atoms with van der Waals surface area (Å²) in [6.45, 7) is 5.68. The van der Waals surface area contributed by atoms with Crippen molar-refractivity contribution >= 4 is 11.8 Å². The molecule has 2 heterocycles. The standard InChI is InChI=1S/C28H32O8/c1-16-12-18-22(21(13-16)31-4)25(30)34-23(18)27(10-7-8-20-24(27)36-26(2,3)35-20)14-17-15-28(32-5,33-6)11-9-19(17)29/h7,9-13,15,20,23-24H,8,14H2,1-6H3/t20?,23-,24+,27+/m0/s1. The minimum Gasteiger partial charge on any atom is -0.496 e. The molecule has 1 aromatic rings. The summed E-state index contributed by atoms with van der Waals surface area (Å²) in [5.74, 6) is -2.18. The Hall–Kier alpha value is -2.78. The van der Waals surface area contributed by atoms with Gasteiger partial charge in [0.05, 0.1) is 18.6 Å². The molecule has 0 saturated carbocycles. The number of ether oxygens (including phenoxy) is 6. The van der Waals surface area contributed by atoms with Crippen LogP contribution in [0.4, 0.5) is 0 Å². The second kappa shape index (κ2) is 8.66. The molecule has 0 spiro atoms. The van der Waals surface area contributed by atoms with Crippen LogP contribution in [0.1, 0.15) is 54.3 Å². The number of carbonyl (C=O) groups excluding carboxylic acids is 2. The van der Waals surface area contributed by atoms with Gasteiger partial charge in [0, 0.05) is 25.4 Å². The summed E-state index contributed by atoms with van der Waals surface area (Å²) < 4.78 is 35.5. The minimum atomic E-state index is -1.17. The molecular formula is C28H32O8. The van der Waals surface area contributed by atoms with Crippen molar-refractivity contribution in [3.8, 4) is 5.75 Å². The summed E-state index contributed by atoms with van der Waals surface area (Å²) in [7, 11) is 4.57. The largest absolute Gasteiger partial charge is 0.496 e. The number of hydrogen-bond acceptors (Lipinski definition) is 8. The third-order valence-electron chi connectivity index (χ3n) is 7.50. The van der Waals surface area contributed by atoms with E-state index in [1.807, 2.05) is 45.1 Å². The molecule has 5 rings (SSSR count). The van der Waals surface area contributed by atoms with Gasteiger partial charge in [0.25, 0.3) is 0 Å². The van der Waals surface area contributed by atoms with Crippen LogP contribution < -0.4 is 4.74 Å². The number of allylic oxidation sites excluding steroid dienone is 2. The zero-order valence-electron chi connectivity index (χ0n) is 21.5. The normalized spacial score (nSPS) is 31.6. The van der Waals surface area contributed by atoms with Gasteiger partial charge in [-0.1, -0.05) is 18.2 Å². The Balaban J connectivity index is 1.69. The molecule has 36 heavy (non-hydrogen) atoms. The fraction of sp³-hybridized carbons (Fsp3) is 0.500. The first-order chi connectivity index (χ1) is 17.1. The Labute approximate surface area is 210 Å². The van der Waals surface area contributed by atoms with E-state index in [4.69, 9.17) is 28.4 Å². The second-order valence-electron chi connectivity index (χ2n) is 10.2. The lowest BCUT2D eigenvalue weighted by molar-refractivity contribution is -0.161. The first kappa shape index (κ1) is 24.9. The molecule has 8 nitrogen and oxygen atoms in total. The number of carbonyl (C=O) groups is 2. The molecule has 4 aliphatic rings. The SMILES string of the molecule is COc1cc(C)cc2c1C(=O)O[C@@H]2[C@]1(CC2=CC(OC)(OC)C=CC2=O)C=CCC2OC(C)(C)O[C@H]21. The Bertz CT molecular complexity index is 1190. The number of methoxy groups -OCH3 is 3. The Morgan fingerprint density at radius 1 is 1.06 bits per heavy atom. The van der Waals surface area contributed by atoms with Crippen molar-refractivity contribution in [1.29, 1.82) is 0 Å². The van der Waals surface area contributed by atoms with Gasteiger partial charge >= 0.3 is 5.97 Å². The smallest absolute Gasteiger partial charge is 0.342 e. The number of rotatable bonds is 6. The van der Waals surface area contributed by atoms with E-state index < -0.39 is 35.2 Å². The number of esters is 1. The lowest BCUT2D eigenvalue weighted by atomic mass is 9.65. The van der Waals surface area contributed by atoms with Gasteiger partial charge < -0.3 is 28.4 Å². The van der Waals surface area contributed by atoms with Crippen molar-refractivity contribution < 1.29 is 38.0 Å². The predicted octanol–water partition coefficient (Wildman–Crippen LogP) is 4.13. The summed E-state index contributed by atoms with van der Waals surface area (Å²) in [4.78, 5) is 26.3. The number of aryl methyl sites for hydroxylation is 1. The molecule has 0 bridgehead atoms. The molecule has 0 amide bonds. The van der Waals surface area contributed by atoms with Crippen molar-refractivity contribution in [2.45, 2.75) is 63.5 Å². The number of benzene rings is 1. The quantitative estimate of drug-likeness (QED) is 0.330. The van der Waals surface area contributed by atoms with Crippen LogP contribution in [0.15, 0.2) is 48.1 Å². The molecule has 1 fully saturated rings. The monoisotopic (exact) mass is 496 g/mol. The first-order valence-corrected chi connectivity index (χ1v) is 12.1. The van der Waals surface area contributed by atoms with Crippen molar-refractivity contribution in [1.82, 2.24) is 0 Å². The molecule has 192 valence electrons. The topological polar surface area (TPSA) is 89.5 Å². The second-order valence-corrected chi connectivity index (χ2v) is 10.2. The van der Waals surface area contributed by atoms with Gasteiger partial charge in [0.1, 0.15) is 23.5 Å². The molecule has 1 aromatic carbocycles. The van der Waals surface area contributed by atoms with Gasteiger partial charge in [-0.25, -0.2) is 4.79 Å². The van der Waals surface area contributed by atoms with E-state index in [-0.39, 0.29) is 18.3 Å². The Morgan fingerprint density at radius 2 is 1.81 bits per heavy atom. The predicted molar refractivity (Wildman–Crippen MR) is 129 cm³/mol. The van der Waals surface area contributed by atoms with Crippen molar-refractivity contribution in [2.24, 2.45) is 5.41 Å². The van der Waals surface area contributed by atoms with Gasteiger partial charge in [-0.3, -0.25) is 4.79 Å². The number of ketones is 1. The number of fused-ring (bicyclic) bond motifs is 2. The molecule has 4 atom stereocenters. The highest BCUT2D eigenvalue weighted by molar-refractivity contribution is 6.05. The maximum absolute atomic E-state index is 13.2. The third-order valence-corrected chi connectivity index (χ3v) is 7.50. The van der Waals surface area contributed by atoms with Gasteiger partial charge in [0.2, 0.25) is 5.79 Å². The first-order valence-electron chi connectivity index (χ1n) is 12.1. The highest BCUT2D eigenvalue weighted by atomic mass is 16.8. The summed E-state index contributed by atoms with van der Waals surface area (Å²) in [6, 6.07) is 3.76. The van der Waals surface area contributed by atoms with Crippen LogP contribution in [0.2, 0.25) is 0 Å². The fourth-order valence-corrected chi connectivity index (χ4v) is 5.93. The van der Waals surface area contributed by atoms with E-state index in [0.717, 1.165) is 5.56 Å². The maximum atomic E-state index is 13.2. The Kier molecular flexibility index (Phi) is 5.99. The zero-order valence-corrected chi connectivity index (χ0v) is 21.5. The molecule has 0 N–H and O–H groups in total. The van der Waals surface area contributed by atoms with E-state index in [1.165, 1.54) is 27.4 Å². The lowest BCUT2D eigenvalue weighted by Crippen LogP contribution is -2.48. The summed E-state index contributed by atoms with van der Waals surface area (Å²) >= 11 is 0. The van der Waals surface area contributed by atoms with Crippen molar-refractivity contribution in [3.05, 3.63) is 64.8 Å². The fourth-order valence-electron chi connectivity index (χ4n) is 5.93. The van der Waals surface area contributed by atoms with Crippen LogP contribution in [-0.4, -0.2) is 56.9 Å². The summed E-state index contributed by atoms with van der Waals surface area (Å²) in [5, 5.41) is 0. The average Bonchev–Trinajstić information content (AvgIpc) is 3.36. The van der Waals surface area contributed by atoms with Crippen LogP contribution in [0.25, 0.3) is 0 Å². The molecule has 0 aromatic heterocycles. The Morgan fingerprint density at radius 3 is 2.50 bits per heavy atom. The van der Waals surface area contributed by atoms with Crippen LogP contribution in [0.5, 0.6) is 5.75 Å². The zero-order chi connectivity index (χ0) is 25.9. The summed E-state index contributed by atoms with van der Waals surface area (Å²) in [6.07, 6.45) is 8.15. The van der Waals surface area contributed by atoms with Crippen molar-refractivity contribution in [3.63, 3.8) is 0 Å². The van der Waals surface area contributed by atoms with Gasteiger partial charge in [-0.15, -0.1) is 0 Å². The van der Waals surface area contributed by atoms with E-state index in [0.29, 0.717) is 28.9 Å². The van der Waals surface area contributed by atoms with Crippen LogP contribution in [0, 0.1) is 12.3 Å². The van der Waals surface area contributed by atoms with Gasteiger partial charge in [-0.2, -0.15) is 0 Å². The van der Waals surface area contributed by atoms with E-state index in [9.17, 15) is 9.59 Å². The van der Waals surface area contributed by atoms with E-state index in [1.54, 1.807) is 12.2 Å². The highest BCUT2D eigenvalue weighted by Crippen LogP contribution is 2.58. The highest BCUT2D eigenvalue weighted by Gasteiger charge is 2.60. The summed E-state index contributed by atoms with van der Waals surface area (Å²) in [5.41, 5.74) is 1.57. The molecule has 2 aliphatic heterocycles. The minimum absolute atomic E-state index is 0.167. The van der Waals surface area contributed by atoms with Gasteiger partial charge in [-0.05, 0) is 63.5 Å². The van der Waals surface area contributed by atoms with Crippen LogP contribution in [-0.2, 0) is 28.5 Å². The van der Waals surface area contributed by atoms with Crippen molar-refractivity contribution in [2.75, 3.05) is 21.3 Å². The van der Waals surface area contributed by atoms with E-state index in [2.05, 4.69) is 0 Å². The number of cyclic esters (lactones) is 1. The molecule has 0 radical (unpaired) electrons. The third kappa shape index (κ3) is 3.84. The van der Waals surface area contributed by atoms with Crippen LogP contribution >= 0.6 is 0 Å². The van der Waals surface area contributed by atoms with E-state index >= 15 is 0 Å². The van der Waals surface area contributed by atoms with Crippen LogP contribution in [0.3, 0.4) is 0 Å². The maximum Gasteiger partial charge on any atom is 0.342 e. The lowest BCUT2D eigenvalue weighted by Gasteiger charge is -2.44. The molecule has 2 aliphatic carbocycles. The molecule has 8 heteroatoms. The molecule has 1 unspecified atom stereocenters. The number of hydrogen-bond donors (Lipinski definition) is 0. The molecule has 1 saturated heterocycles.